The maximum Gasteiger partial charge on any atom is 0.228 e. The average molecular weight is 273 g/mol. The van der Waals surface area contributed by atoms with Crippen molar-refractivity contribution in [1.29, 1.82) is 0 Å². The van der Waals surface area contributed by atoms with E-state index < -0.39 is 0 Å². The second-order valence-electron chi connectivity index (χ2n) is 4.66. The highest BCUT2D eigenvalue weighted by Crippen LogP contribution is 2.17. The van der Waals surface area contributed by atoms with Crippen molar-refractivity contribution in [3.8, 4) is 0 Å². The van der Waals surface area contributed by atoms with Crippen LogP contribution in [0.3, 0.4) is 0 Å². The number of halogens is 1. The number of aryl methyl sites for hydroxylation is 1. The summed E-state index contributed by atoms with van der Waals surface area (Å²) in [5.41, 5.74) is 1.84. The molecule has 6 heteroatoms. The van der Waals surface area contributed by atoms with Gasteiger partial charge in [-0.25, -0.2) is 0 Å². The van der Waals surface area contributed by atoms with E-state index in [1.165, 1.54) is 0 Å². The van der Waals surface area contributed by atoms with Gasteiger partial charge in [0.05, 0.1) is 12.1 Å². The minimum Gasteiger partial charge on any atom is -0.338 e. The van der Waals surface area contributed by atoms with Crippen LogP contribution in [0.1, 0.15) is 24.2 Å². The summed E-state index contributed by atoms with van der Waals surface area (Å²) >= 11 is 0. The number of hydrogen-bond acceptors (Lipinski definition) is 3. The van der Waals surface area contributed by atoms with Gasteiger partial charge >= 0.3 is 0 Å². The van der Waals surface area contributed by atoms with E-state index in [1.807, 2.05) is 24.9 Å². The molecule has 2 heterocycles. The second-order valence-corrected chi connectivity index (χ2v) is 4.66. The third-order valence-electron chi connectivity index (χ3n) is 3.23. The highest BCUT2D eigenvalue weighted by atomic mass is 35.5. The molecule has 0 radical (unpaired) electrons. The fourth-order valence-corrected chi connectivity index (χ4v) is 2.43. The lowest BCUT2D eigenvalue weighted by Gasteiger charge is -2.24. The fourth-order valence-electron chi connectivity index (χ4n) is 2.43. The SMILES string of the molecule is CNCC1CCCN1C(=O)Cc1cc(C)[nH]n1.Cl. The Morgan fingerprint density at radius 3 is 3.06 bits per heavy atom. The number of carbonyl (C=O) groups excluding carboxylic acids is 1. The Bertz CT molecular complexity index is 393. The number of H-pyrrole nitrogens is 1. The van der Waals surface area contributed by atoms with Crippen LogP contribution in [0.4, 0.5) is 0 Å². The molecule has 1 unspecified atom stereocenters. The molecule has 0 aromatic carbocycles. The Balaban J connectivity index is 0.00000162. The van der Waals surface area contributed by atoms with E-state index >= 15 is 0 Å². The van der Waals surface area contributed by atoms with Crippen molar-refractivity contribution in [1.82, 2.24) is 20.4 Å². The molecule has 1 aliphatic rings. The maximum absolute atomic E-state index is 12.2. The zero-order valence-corrected chi connectivity index (χ0v) is 11.7. The normalized spacial score (nSPS) is 18.8. The fraction of sp³-hybridized carbons (Fsp3) is 0.667. The van der Waals surface area contributed by atoms with Crippen LogP contribution < -0.4 is 5.32 Å². The molecular formula is C12H21ClN4O. The summed E-state index contributed by atoms with van der Waals surface area (Å²) in [6, 6.07) is 2.29. The first kappa shape index (κ1) is 15.0. The Morgan fingerprint density at radius 1 is 1.67 bits per heavy atom. The minimum absolute atomic E-state index is 0. The molecule has 1 aliphatic heterocycles. The number of amides is 1. The third-order valence-corrected chi connectivity index (χ3v) is 3.23. The molecule has 2 N–H and O–H groups in total. The van der Waals surface area contributed by atoms with Gasteiger partial charge in [-0.15, -0.1) is 12.4 Å². The minimum atomic E-state index is 0. The Hall–Kier alpha value is -1.07. The molecule has 0 bridgehead atoms. The van der Waals surface area contributed by atoms with E-state index in [-0.39, 0.29) is 18.3 Å². The molecule has 18 heavy (non-hydrogen) atoms. The van der Waals surface area contributed by atoms with E-state index in [9.17, 15) is 4.79 Å². The molecule has 1 aromatic rings. The van der Waals surface area contributed by atoms with Gasteiger partial charge in [-0.3, -0.25) is 9.89 Å². The zero-order valence-electron chi connectivity index (χ0n) is 10.9. The molecule has 0 aliphatic carbocycles. The lowest BCUT2D eigenvalue weighted by molar-refractivity contribution is -0.131. The largest absolute Gasteiger partial charge is 0.338 e. The molecule has 1 amide bonds. The van der Waals surface area contributed by atoms with Crippen LogP contribution in [0.15, 0.2) is 6.07 Å². The predicted octanol–water partition coefficient (Wildman–Crippen LogP) is 0.893. The molecule has 5 nitrogen and oxygen atoms in total. The van der Waals surface area contributed by atoms with Gasteiger partial charge < -0.3 is 10.2 Å². The summed E-state index contributed by atoms with van der Waals surface area (Å²) in [6.07, 6.45) is 2.62. The highest BCUT2D eigenvalue weighted by Gasteiger charge is 2.28. The first-order valence-electron chi connectivity index (χ1n) is 6.15. The number of carbonyl (C=O) groups is 1. The maximum atomic E-state index is 12.2. The van der Waals surface area contributed by atoms with Crippen molar-refractivity contribution in [2.24, 2.45) is 0 Å². The summed E-state index contributed by atoms with van der Waals surface area (Å²) in [6.45, 7) is 3.71. The first-order chi connectivity index (χ1) is 8.20. The van der Waals surface area contributed by atoms with E-state index in [2.05, 4.69) is 15.5 Å². The van der Waals surface area contributed by atoms with Crippen molar-refractivity contribution >= 4 is 18.3 Å². The quantitative estimate of drug-likeness (QED) is 0.856. The van der Waals surface area contributed by atoms with Crippen LogP contribution in [0.2, 0.25) is 0 Å². The van der Waals surface area contributed by atoms with E-state index in [0.29, 0.717) is 12.5 Å². The summed E-state index contributed by atoms with van der Waals surface area (Å²) in [5.74, 6) is 0.189. The van der Waals surface area contributed by atoms with Gasteiger partial charge in [-0.2, -0.15) is 5.10 Å². The molecule has 102 valence electrons. The summed E-state index contributed by atoms with van der Waals surface area (Å²) in [7, 11) is 1.93. The number of nitrogens with one attached hydrogen (secondary N) is 2. The monoisotopic (exact) mass is 272 g/mol. The molecule has 1 saturated heterocycles. The van der Waals surface area contributed by atoms with E-state index in [1.54, 1.807) is 0 Å². The summed E-state index contributed by atoms with van der Waals surface area (Å²) in [5, 5.41) is 10.1. The Morgan fingerprint density at radius 2 is 2.44 bits per heavy atom. The molecule has 1 fully saturated rings. The van der Waals surface area contributed by atoms with Crippen molar-refractivity contribution in [3.05, 3.63) is 17.5 Å². The average Bonchev–Trinajstić information content (AvgIpc) is 2.88. The number of likely N-dealkylation sites (N-methyl/N-ethyl adjacent to an activating group) is 1. The highest BCUT2D eigenvalue weighted by molar-refractivity contribution is 5.85. The van der Waals surface area contributed by atoms with Crippen molar-refractivity contribution in [2.45, 2.75) is 32.2 Å². The molecule has 0 saturated carbocycles. The summed E-state index contributed by atoms with van der Waals surface area (Å²) < 4.78 is 0. The standard InChI is InChI=1S/C12H20N4O.ClH/c1-9-6-10(15-14-9)7-12(17)16-5-3-4-11(16)8-13-2;/h6,11,13H,3-5,7-8H2,1-2H3,(H,14,15);1H. The lowest BCUT2D eigenvalue weighted by Crippen LogP contribution is -2.41. The van der Waals surface area contributed by atoms with Crippen molar-refractivity contribution in [2.75, 3.05) is 20.1 Å². The second kappa shape index (κ2) is 6.75. The van der Waals surface area contributed by atoms with Gasteiger partial charge in [-0.1, -0.05) is 0 Å². The van der Waals surface area contributed by atoms with Gasteiger partial charge in [0.15, 0.2) is 0 Å². The number of rotatable bonds is 4. The molecular weight excluding hydrogens is 252 g/mol. The zero-order chi connectivity index (χ0) is 12.3. The smallest absolute Gasteiger partial charge is 0.228 e. The van der Waals surface area contributed by atoms with Crippen LogP contribution in [0.25, 0.3) is 0 Å². The Labute approximate surface area is 114 Å². The number of aromatic amines is 1. The molecule has 1 atom stereocenters. The predicted molar refractivity (Wildman–Crippen MR) is 72.9 cm³/mol. The third kappa shape index (κ3) is 3.46. The van der Waals surface area contributed by atoms with Crippen LogP contribution in [0.5, 0.6) is 0 Å². The van der Waals surface area contributed by atoms with Gasteiger partial charge in [0.25, 0.3) is 0 Å². The van der Waals surface area contributed by atoms with Crippen molar-refractivity contribution < 1.29 is 4.79 Å². The van der Waals surface area contributed by atoms with Crippen LogP contribution in [-0.2, 0) is 11.2 Å². The topological polar surface area (TPSA) is 61.0 Å². The van der Waals surface area contributed by atoms with Crippen molar-refractivity contribution in [3.63, 3.8) is 0 Å². The molecule has 1 aromatic heterocycles. The van der Waals surface area contributed by atoms with Gasteiger partial charge in [0.2, 0.25) is 5.91 Å². The first-order valence-corrected chi connectivity index (χ1v) is 6.15. The number of nitrogens with zero attached hydrogens (tertiary/aromatic N) is 2. The van der Waals surface area contributed by atoms with Crippen LogP contribution in [0, 0.1) is 6.92 Å². The van der Waals surface area contributed by atoms with Gasteiger partial charge in [0, 0.05) is 24.8 Å². The lowest BCUT2D eigenvalue weighted by atomic mass is 10.2. The van der Waals surface area contributed by atoms with Gasteiger partial charge in [-0.05, 0) is 32.9 Å². The molecule has 0 spiro atoms. The molecule has 2 rings (SSSR count). The van der Waals surface area contributed by atoms with Crippen LogP contribution in [-0.4, -0.2) is 47.2 Å². The van der Waals surface area contributed by atoms with E-state index in [4.69, 9.17) is 0 Å². The number of likely N-dealkylation sites (tertiary alicyclic amines) is 1. The van der Waals surface area contributed by atoms with Crippen LogP contribution >= 0.6 is 12.4 Å². The number of aromatic nitrogens is 2. The van der Waals surface area contributed by atoms with Gasteiger partial charge in [0.1, 0.15) is 0 Å². The van der Waals surface area contributed by atoms with E-state index in [0.717, 1.165) is 37.3 Å². The number of hydrogen-bond donors (Lipinski definition) is 2. The summed E-state index contributed by atoms with van der Waals surface area (Å²) in [4.78, 5) is 14.1. The Kier molecular flexibility index (Phi) is 5.62.